The summed E-state index contributed by atoms with van der Waals surface area (Å²) >= 11 is 0. The fourth-order valence-electron chi connectivity index (χ4n) is 0.986. The van der Waals surface area contributed by atoms with Gasteiger partial charge in [-0.3, -0.25) is 0 Å². The highest BCUT2D eigenvalue weighted by Crippen LogP contribution is 2.35. The summed E-state index contributed by atoms with van der Waals surface area (Å²) in [7, 11) is 0. The summed E-state index contributed by atoms with van der Waals surface area (Å²) in [5, 5.41) is 8.24. The van der Waals surface area contributed by atoms with E-state index in [-0.39, 0.29) is 12.3 Å². The average molecular weight is 228 g/mol. The first kappa shape index (κ1) is 11.4. The number of nitrogens with zero attached hydrogens (tertiary/aromatic N) is 2. The van der Waals surface area contributed by atoms with Crippen LogP contribution < -0.4 is 0 Å². The molecule has 1 aromatic rings. The number of hydrogen-bond acceptors (Lipinski definition) is 1. The molecule has 0 bridgehead atoms. The van der Waals surface area contributed by atoms with Crippen molar-refractivity contribution in [1.82, 2.24) is 4.57 Å². The van der Waals surface area contributed by atoms with E-state index in [4.69, 9.17) is 5.26 Å². The highest BCUT2D eigenvalue weighted by atomic mass is 19.4. The minimum Gasteiger partial charge on any atom is -0.249 e. The molecule has 0 amide bonds. The van der Waals surface area contributed by atoms with Gasteiger partial charge in [-0.05, 0) is 6.07 Å². The van der Waals surface area contributed by atoms with Gasteiger partial charge in [0.05, 0.1) is 5.56 Å². The number of aromatic nitrogens is 1. The molecule has 0 spiro atoms. The predicted octanol–water partition coefficient (Wildman–Crippen LogP) is 2.85. The third kappa shape index (κ3) is 2.06. The van der Waals surface area contributed by atoms with Crippen LogP contribution in [0.4, 0.5) is 26.3 Å². The van der Waals surface area contributed by atoms with Crippen LogP contribution >= 0.6 is 0 Å². The van der Waals surface area contributed by atoms with Gasteiger partial charge in [0.15, 0.2) is 0 Å². The van der Waals surface area contributed by atoms with E-state index in [1.807, 2.05) is 0 Å². The van der Waals surface area contributed by atoms with Crippen LogP contribution in [0.3, 0.4) is 0 Å². The molecule has 15 heavy (non-hydrogen) atoms. The zero-order valence-corrected chi connectivity index (χ0v) is 6.82. The number of hydrogen-bond donors (Lipinski definition) is 0. The second-order valence-corrected chi connectivity index (χ2v) is 2.53. The molecule has 0 aliphatic heterocycles. The predicted molar refractivity (Wildman–Crippen MR) is 35.4 cm³/mol. The summed E-state index contributed by atoms with van der Waals surface area (Å²) in [4.78, 5) is 0. The third-order valence-electron chi connectivity index (χ3n) is 1.57. The van der Waals surface area contributed by atoms with E-state index >= 15 is 0 Å². The van der Waals surface area contributed by atoms with Gasteiger partial charge in [-0.2, -0.15) is 18.4 Å². The van der Waals surface area contributed by atoms with Crippen molar-refractivity contribution in [2.75, 3.05) is 0 Å². The Morgan fingerprint density at radius 3 is 2.00 bits per heavy atom. The summed E-state index contributed by atoms with van der Waals surface area (Å²) in [6.45, 7) is 0. The second kappa shape index (κ2) is 3.18. The molecule has 0 radical (unpaired) electrons. The van der Waals surface area contributed by atoms with Gasteiger partial charge in [0.25, 0.3) is 0 Å². The number of nitriles is 1. The summed E-state index contributed by atoms with van der Waals surface area (Å²) in [5.41, 5.74) is -3.06. The van der Waals surface area contributed by atoms with E-state index in [9.17, 15) is 26.3 Å². The van der Waals surface area contributed by atoms with Crippen molar-refractivity contribution in [3.05, 3.63) is 23.5 Å². The van der Waals surface area contributed by atoms with E-state index in [0.29, 0.717) is 0 Å². The van der Waals surface area contributed by atoms with Crippen molar-refractivity contribution in [3.63, 3.8) is 0 Å². The Balaban J connectivity index is 3.39. The molecular weight excluding hydrogens is 226 g/mol. The lowest BCUT2D eigenvalue weighted by molar-refractivity contribution is -0.204. The van der Waals surface area contributed by atoms with Crippen LogP contribution in [0.2, 0.25) is 0 Å². The van der Waals surface area contributed by atoms with Gasteiger partial charge in [-0.15, -0.1) is 13.2 Å². The fourth-order valence-corrected chi connectivity index (χ4v) is 0.986. The van der Waals surface area contributed by atoms with Gasteiger partial charge in [0, 0.05) is 6.20 Å². The number of rotatable bonds is 0. The molecule has 0 fully saturated rings. The van der Waals surface area contributed by atoms with Crippen LogP contribution in [0.15, 0.2) is 12.3 Å². The lowest BCUT2D eigenvalue weighted by atomic mass is 10.2. The van der Waals surface area contributed by atoms with Crippen molar-refractivity contribution in [2.45, 2.75) is 12.5 Å². The molecule has 0 saturated heterocycles. The van der Waals surface area contributed by atoms with Crippen molar-refractivity contribution < 1.29 is 26.3 Å². The van der Waals surface area contributed by atoms with Gasteiger partial charge in [0.2, 0.25) is 0 Å². The maximum Gasteiger partial charge on any atom is 0.489 e. The quantitative estimate of drug-likeness (QED) is 0.627. The third-order valence-corrected chi connectivity index (χ3v) is 1.57. The topological polar surface area (TPSA) is 28.7 Å². The Morgan fingerprint density at radius 1 is 1.13 bits per heavy atom. The molecule has 2 nitrogen and oxygen atoms in total. The standard InChI is InChI=1S/C7H2F6N2/c8-6(9,10)4-1-2-15(5(4)3-14)7(11,12)13/h1-2H. The minimum atomic E-state index is -5.03. The van der Waals surface area contributed by atoms with Gasteiger partial charge in [-0.25, -0.2) is 4.57 Å². The molecule has 0 aromatic carbocycles. The lowest BCUT2D eigenvalue weighted by Crippen LogP contribution is -2.19. The first-order chi connectivity index (χ1) is 6.68. The van der Waals surface area contributed by atoms with Gasteiger partial charge < -0.3 is 0 Å². The molecule has 0 unspecified atom stereocenters. The molecule has 0 aliphatic rings. The monoisotopic (exact) mass is 228 g/mol. The van der Waals surface area contributed by atoms with Gasteiger partial charge >= 0.3 is 12.5 Å². The highest BCUT2D eigenvalue weighted by molar-refractivity contribution is 5.35. The van der Waals surface area contributed by atoms with Crippen LogP contribution in [0.1, 0.15) is 11.3 Å². The van der Waals surface area contributed by atoms with Gasteiger partial charge in [-0.1, -0.05) is 0 Å². The minimum absolute atomic E-state index is 0.168. The Labute approximate surface area is 79.3 Å². The van der Waals surface area contributed by atoms with Crippen LogP contribution in [0, 0.1) is 11.3 Å². The van der Waals surface area contributed by atoms with E-state index in [0.717, 1.165) is 6.07 Å². The van der Waals surface area contributed by atoms with E-state index in [1.54, 1.807) is 0 Å². The first-order valence-electron chi connectivity index (χ1n) is 3.43. The first-order valence-corrected chi connectivity index (χ1v) is 3.43. The summed E-state index contributed by atoms with van der Waals surface area (Å²) in [6.07, 6.45) is -9.84. The van der Waals surface area contributed by atoms with Crippen LogP contribution in [-0.4, -0.2) is 4.57 Å². The second-order valence-electron chi connectivity index (χ2n) is 2.53. The average Bonchev–Trinajstić information content (AvgIpc) is 2.43. The van der Waals surface area contributed by atoms with Crippen molar-refractivity contribution in [3.8, 4) is 6.07 Å². The normalized spacial score (nSPS) is 12.6. The molecule has 0 aliphatic carbocycles. The number of halogens is 6. The Hall–Kier alpha value is -1.65. The molecule has 82 valence electrons. The van der Waals surface area contributed by atoms with Crippen LogP contribution in [0.5, 0.6) is 0 Å². The zero-order chi connectivity index (χ0) is 11.9. The van der Waals surface area contributed by atoms with E-state index in [2.05, 4.69) is 0 Å². The van der Waals surface area contributed by atoms with E-state index in [1.165, 1.54) is 0 Å². The molecule has 0 atom stereocenters. The Bertz CT molecular complexity index is 373. The van der Waals surface area contributed by atoms with Crippen molar-refractivity contribution in [2.24, 2.45) is 0 Å². The Morgan fingerprint density at radius 2 is 1.67 bits per heavy atom. The molecule has 0 saturated carbocycles. The molecule has 8 heteroatoms. The summed E-state index contributed by atoms with van der Waals surface area (Å²) < 4.78 is 71.9. The maximum atomic E-state index is 12.1. The zero-order valence-electron chi connectivity index (χ0n) is 6.82. The van der Waals surface area contributed by atoms with Crippen molar-refractivity contribution in [1.29, 1.82) is 5.26 Å². The molecule has 0 N–H and O–H groups in total. The highest BCUT2D eigenvalue weighted by Gasteiger charge is 2.41. The molecule has 1 heterocycles. The maximum absolute atomic E-state index is 12.1. The summed E-state index contributed by atoms with van der Waals surface area (Å²) in [5.74, 6) is 0. The molecule has 1 rings (SSSR count). The van der Waals surface area contributed by atoms with Crippen molar-refractivity contribution >= 4 is 0 Å². The lowest BCUT2D eigenvalue weighted by Gasteiger charge is -2.10. The molecule has 1 aromatic heterocycles. The summed E-state index contributed by atoms with van der Waals surface area (Å²) in [6, 6.07) is 1.09. The van der Waals surface area contributed by atoms with Crippen LogP contribution in [-0.2, 0) is 12.5 Å². The van der Waals surface area contributed by atoms with E-state index < -0.39 is 28.3 Å². The largest absolute Gasteiger partial charge is 0.489 e. The SMILES string of the molecule is N#Cc1c(C(F)(F)F)ccn1C(F)(F)F. The number of alkyl halides is 6. The van der Waals surface area contributed by atoms with Gasteiger partial charge in [0.1, 0.15) is 11.8 Å². The molecular formula is C7H2F6N2. The van der Waals surface area contributed by atoms with Crippen LogP contribution in [0.25, 0.3) is 0 Å². The fraction of sp³-hybridized carbons (Fsp3) is 0.286. The Kier molecular flexibility index (Phi) is 2.43. The smallest absolute Gasteiger partial charge is 0.249 e.